The highest BCUT2D eigenvalue weighted by atomic mass is 35.5. The maximum Gasteiger partial charge on any atom is 0.252 e. The summed E-state index contributed by atoms with van der Waals surface area (Å²) in [5, 5.41) is -0.458. The van der Waals surface area contributed by atoms with Gasteiger partial charge in [-0.15, -0.1) is 0 Å². The number of carbonyl (C=O) groups is 1. The van der Waals surface area contributed by atoms with Crippen LogP contribution in [0.2, 0.25) is 0 Å². The van der Waals surface area contributed by atoms with Crippen LogP contribution in [-0.2, 0) is 6.42 Å². The first-order valence-corrected chi connectivity index (χ1v) is 4.73. The Morgan fingerprint density at radius 3 is 2.93 bits per heavy atom. The zero-order valence-electron chi connectivity index (χ0n) is 7.67. The van der Waals surface area contributed by atoms with E-state index < -0.39 is 5.24 Å². The maximum absolute atomic E-state index is 11.1. The third kappa shape index (κ3) is 1.34. The second kappa shape index (κ2) is 3.50. The lowest BCUT2D eigenvalue weighted by Crippen LogP contribution is -1.98. The molecule has 74 valence electrons. The van der Waals surface area contributed by atoms with E-state index in [1.807, 2.05) is 6.92 Å². The summed E-state index contributed by atoms with van der Waals surface area (Å²) in [6, 6.07) is 3.37. The van der Waals surface area contributed by atoms with Gasteiger partial charge in [0, 0.05) is 11.1 Å². The predicted molar refractivity (Wildman–Crippen MR) is 52.1 cm³/mol. The highest BCUT2D eigenvalue weighted by Gasteiger charge is 2.21. The Hall–Kier alpha value is -1.22. The summed E-state index contributed by atoms with van der Waals surface area (Å²) in [7, 11) is 0. The van der Waals surface area contributed by atoms with Gasteiger partial charge >= 0.3 is 0 Å². The third-order valence-electron chi connectivity index (χ3n) is 2.21. The number of hydrogen-bond acceptors (Lipinski definition) is 3. The summed E-state index contributed by atoms with van der Waals surface area (Å²) in [6.45, 7) is 2.16. The van der Waals surface area contributed by atoms with E-state index in [4.69, 9.17) is 21.1 Å². The minimum absolute atomic E-state index is 0.211. The van der Waals surface area contributed by atoms with Gasteiger partial charge in [-0.25, -0.2) is 0 Å². The molecule has 0 aliphatic carbocycles. The first-order valence-electron chi connectivity index (χ1n) is 4.35. The van der Waals surface area contributed by atoms with Crippen molar-refractivity contribution in [2.24, 2.45) is 0 Å². The average molecular weight is 213 g/mol. The lowest BCUT2D eigenvalue weighted by molar-refractivity contribution is 0.108. The third-order valence-corrected chi connectivity index (χ3v) is 2.41. The van der Waals surface area contributed by atoms with Gasteiger partial charge in [0.2, 0.25) is 6.79 Å². The van der Waals surface area contributed by atoms with E-state index in [0.717, 1.165) is 5.56 Å². The number of carbonyl (C=O) groups excluding carboxylic acids is 1. The summed E-state index contributed by atoms with van der Waals surface area (Å²) >= 11 is 5.45. The molecule has 4 heteroatoms. The molecule has 14 heavy (non-hydrogen) atoms. The lowest BCUT2D eigenvalue weighted by Gasteiger charge is -2.06. The van der Waals surface area contributed by atoms with Crippen molar-refractivity contribution in [3.63, 3.8) is 0 Å². The van der Waals surface area contributed by atoms with Crippen molar-refractivity contribution in [2.75, 3.05) is 6.79 Å². The largest absolute Gasteiger partial charge is 0.454 e. The molecular formula is C10H9ClO3. The van der Waals surface area contributed by atoms with Gasteiger partial charge in [-0.3, -0.25) is 4.79 Å². The summed E-state index contributed by atoms with van der Waals surface area (Å²) in [5.74, 6) is 1.34. The van der Waals surface area contributed by atoms with Gasteiger partial charge in [-0.1, -0.05) is 6.92 Å². The van der Waals surface area contributed by atoms with Gasteiger partial charge in [0.15, 0.2) is 11.5 Å². The molecule has 0 radical (unpaired) electrons. The quantitative estimate of drug-likeness (QED) is 0.706. The number of benzene rings is 1. The number of fused-ring (bicyclic) bond motifs is 1. The Morgan fingerprint density at radius 2 is 2.29 bits per heavy atom. The second-order valence-electron chi connectivity index (χ2n) is 2.95. The van der Waals surface area contributed by atoms with Gasteiger partial charge in [0.25, 0.3) is 5.24 Å². The maximum atomic E-state index is 11.1. The van der Waals surface area contributed by atoms with Crippen LogP contribution >= 0.6 is 11.6 Å². The molecule has 2 rings (SSSR count). The van der Waals surface area contributed by atoms with Crippen LogP contribution in [0.4, 0.5) is 0 Å². The first kappa shape index (κ1) is 9.34. The van der Waals surface area contributed by atoms with Crippen LogP contribution in [0, 0.1) is 0 Å². The molecule has 0 atom stereocenters. The minimum Gasteiger partial charge on any atom is -0.454 e. The fourth-order valence-corrected chi connectivity index (χ4v) is 1.74. The van der Waals surface area contributed by atoms with Gasteiger partial charge in [-0.05, 0) is 30.2 Å². The fourth-order valence-electron chi connectivity index (χ4n) is 1.57. The Morgan fingerprint density at radius 1 is 1.50 bits per heavy atom. The molecule has 0 amide bonds. The molecule has 0 unspecified atom stereocenters. The lowest BCUT2D eigenvalue weighted by atomic mass is 10.0. The molecule has 3 nitrogen and oxygen atoms in total. The summed E-state index contributed by atoms with van der Waals surface area (Å²) in [4.78, 5) is 11.1. The molecule has 0 spiro atoms. The number of halogens is 1. The average Bonchev–Trinajstić information content (AvgIpc) is 2.63. The van der Waals surface area contributed by atoms with Crippen LogP contribution in [0.25, 0.3) is 0 Å². The molecule has 0 fully saturated rings. The van der Waals surface area contributed by atoms with Crippen LogP contribution in [-0.4, -0.2) is 12.0 Å². The van der Waals surface area contributed by atoms with E-state index in [2.05, 4.69) is 0 Å². The van der Waals surface area contributed by atoms with Crippen molar-refractivity contribution in [3.8, 4) is 11.5 Å². The Labute approximate surface area is 86.6 Å². The Kier molecular flexibility index (Phi) is 2.33. The SMILES string of the molecule is CCc1c(C(=O)Cl)ccc2c1OCO2. The molecule has 0 saturated carbocycles. The smallest absolute Gasteiger partial charge is 0.252 e. The van der Waals surface area contributed by atoms with E-state index in [0.29, 0.717) is 23.5 Å². The summed E-state index contributed by atoms with van der Waals surface area (Å²) in [5.41, 5.74) is 1.32. The summed E-state index contributed by atoms with van der Waals surface area (Å²) in [6.07, 6.45) is 0.695. The number of ether oxygens (including phenoxy) is 2. The molecule has 1 heterocycles. The van der Waals surface area contributed by atoms with Crippen molar-refractivity contribution in [1.29, 1.82) is 0 Å². The van der Waals surface area contributed by atoms with Crippen LogP contribution < -0.4 is 9.47 Å². The normalized spacial score (nSPS) is 13.0. The molecular weight excluding hydrogens is 204 g/mol. The second-order valence-corrected chi connectivity index (χ2v) is 3.30. The molecule has 0 saturated heterocycles. The first-order chi connectivity index (χ1) is 6.74. The van der Waals surface area contributed by atoms with Gasteiger partial charge < -0.3 is 9.47 Å². The van der Waals surface area contributed by atoms with E-state index in [1.165, 1.54) is 0 Å². The molecule has 0 bridgehead atoms. The van der Waals surface area contributed by atoms with Gasteiger partial charge in [0.1, 0.15) is 0 Å². The van der Waals surface area contributed by atoms with Crippen molar-refractivity contribution in [1.82, 2.24) is 0 Å². The monoisotopic (exact) mass is 212 g/mol. The van der Waals surface area contributed by atoms with Crippen LogP contribution in [0.15, 0.2) is 12.1 Å². The van der Waals surface area contributed by atoms with Crippen molar-refractivity contribution in [3.05, 3.63) is 23.3 Å². The highest BCUT2D eigenvalue weighted by Crippen LogP contribution is 2.38. The zero-order chi connectivity index (χ0) is 10.1. The van der Waals surface area contributed by atoms with E-state index in [1.54, 1.807) is 12.1 Å². The van der Waals surface area contributed by atoms with Crippen LogP contribution in [0.5, 0.6) is 11.5 Å². The molecule has 0 aromatic heterocycles. The Balaban J connectivity index is 2.59. The van der Waals surface area contributed by atoms with Gasteiger partial charge in [-0.2, -0.15) is 0 Å². The van der Waals surface area contributed by atoms with Crippen molar-refractivity contribution < 1.29 is 14.3 Å². The van der Waals surface area contributed by atoms with Crippen molar-refractivity contribution >= 4 is 16.8 Å². The topological polar surface area (TPSA) is 35.5 Å². The molecule has 1 aromatic carbocycles. The van der Waals surface area contributed by atoms with E-state index in [9.17, 15) is 4.79 Å². The standard InChI is InChI=1S/C10H9ClO3/c1-2-6-7(10(11)12)3-4-8-9(6)14-5-13-8/h3-4H,2,5H2,1H3. The van der Waals surface area contributed by atoms with Gasteiger partial charge in [0.05, 0.1) is 0 Å². The minimum atomic E-state index is -0.458. The zero-order valence-corrected chi connectivity index (χ0v) is 8.43. The fraction of sp³-hybridized carbons (Fsp3) is 0.300. The summed E-state index contributed by atoms with van der Waals surface area (Å²) < 4.78 is 10.5. The number of rotatable bonds is 2. The van der Waals surface area contributed by atoms with E-state index in [-0.39, 0.29) is 6.79 Å². The van der Waals surface area contributed by atoms with E-state index >= 15 is 0 Å². The molecule has 0 N–H and O–H groups in total. The predicted octanol–water partition coefficient (Wildman–Crippen LogP) is 2.36. The van der Waals surface area contributed by atoms with Crippen LogP contribution in [0.1, 0.15) is 22.8 Å². The molecule has 1 aromatic rings. The molecule has 1 aliphatic rings. The van der Waals surface area contributed by atoms with Crippen molar-refractivity contribution in [2.45, 2.75) is 13.3 Å². The Bertz CT molecular complexity index is 387. The number of hydrogen-bond donors (Lipinski definition) is 0. The molecule has 1 aliphatic heterocycles. The van der Waals surface area contributed by atoms with Crippen LogP contribution in [0.3, 0.4) is 0 Å². The highest BCUT2D eigenvalue weighted by molar-refractivity contribution is 6.68.